The van der Waals surface area contributed by atoms with E-state index in [1.54, 1.807) is 6.92 Å². The molecule has 0 spiro atoms. The molecule has 0 aromatic carbocycles. The van der Waals surface area contributed by atoms with Gasteiger partial charge in [-0.15, -0.1) is 0 Å². The van der Waals surface area contributed by atoms with Crippen LogP contribution in [0, 0.1) is 5.92 Å². The number of nitrogens with zero attached hydrogens (tertiary/aromatic N) is 3. The van der Waals surface area contributed by atoms with Gasteiger partial charge in [0.2, 0.25) is 11.8 Å². The summed E-state index contributed by atoms with van der Waals surface area (Å²) < 4.78 is 0. The molecule has 1 N–H and O–H groups in total. The molecule has 3 saturated heterocycles. The van der Waals surface area contributed by atoms with Gasteiger partial charge in [0, 0.05) is 44.7 Å². The van der Waals surface area contributed by atoms with Crippen molar-refractivity contribution in [3.05, 3.63) is 0 Å². The molecule has 0 unspecified atom stereocenters. The van der Waals surface area contributed by atoms with Gasteiger partial charge in [0.25, 0.3) is 0 Å². The van der Waals surface area contributed by atoms with E-state index in [0.717, 1.165) is 51.9 Å². The molecule has 3 aliphatic rings. The molecule has 23 heavy (non-hydrogen) atoms. The number of fused-ring (bicyclic) bond motifs is 1. The summed E-state index contributed by atoms with van der Waals surface area (Å²) in [6.07, 6.45) is 3.95. The lowest BCUT2D eigenvalue weighted by atomic mass is 9.89. The van der Waals surface area contributed by atoms with E-state index < -0.39 is 0 Å². The average Bonchev–Trinajstić information content (AvgIpc) is 3.14. The molecule has 0 aromatic heterocycles. The zero-order valence-corrected chi connectivity index (χ0v) is 14.3. The van der Waals surface area contributed by atoms with Crippen molar-refractivity contribution in [3.8, 4) is 0 Å². The fraction of sp³-hybridized carbons (Fsp3) is 0.882. The lowest BCUT2D eigenvalue weighted by molar-refractivity contribution is -0.135. The molecular formula is C17H29N3O3. The first kappa shape index (κ1) is 16.7. The van der Waals surface area contributed by atoms with E-state index >= 15 is 0 Å². The van der Waals surface area contributed by atoms with Gasteiger partial charge in [0.05, 0.1) is 13.2 Å². The maximum atomic E-state index is 12.6. The molecule has 3 heterocycles. The third-order valence-electron chi connectivity index (χ3n) is 6.04. The van der Waals surface area contributed by atoms with Gasteiger partial charge in [-0.25, -0.2) is 0 Å². The van der Waals surface area contributed by atoms with Crippen LogP contribution in [0.25, 0.3) is 0 Å². The molecule has 3 atom stereocenters. The van der Waals surface area contributed by atoms with Crippen LogP contribution in [0.5, 0.6) is 0 Å². The Morgan fingerprint density at radius 3 is 2.48 bits per heavy atom. The third kappa shape index (κ3) is 3.11. The SMILES string of the molecule is CC(=O)N1CC[C@H]2[C@H](C1)C[C@](C)(CO)N2CC(=O)N1CCCC1. The molecule has 0 bridgehead atoms. The summed E-state index contributed by atoms with van der Waals surface area (Å²) in [5, 5.41) is 9.95. The maximum absolute atomic E-state index is 12.6. The van der Waals surface area contributed by atoms with Crippen molar-refractivity contribution >= 4 is 11.8 Å². The minimum Gasteiger partial charge on any atom is -0.394 e. The van der Waals surface area contributed by atoms with Crippen LogP contribution in [0.15, 0.2) is 0 Å². The van der Waals surface area contributed by atoms with E-state index in [-0.39, 0.29) is 24.0 Å². The van der Waals surface area contributed by atoms with Crippen LogP contribution < -0.4 is 0 Å². The second-order valence-electron chi connectivity index (χ2n) is 7.66. The highest BCUT2D eigenvalue weighted by atomic mass is 16.3. The summed E-state index contributed by atoms with van der Waals surface area (Å²) in [5.41, 5.74) is -0.350. The highest BCUT2D eigenvalue weighted by Gasteiger charge is 2.51. The van der Waals surface area contributed by atoms with Crippen LogP contribution in [0.1, 0.15) is 39.5 Å². The number of likely N-dealkylation sites (tertiary alicyclic amines) is 3. The van der Waals surface area contributed by atoms with Crippen LogP contribution in [-0.2, 0) is 9.59 Å². The van der Waals surface area contributed by atoms with Gasteiger partial charge in [-0.3, -0.25) is 14.5 Å². The molecule has 0 saturated carbocycles. The molecule has 0 aromatic rings. The number of hydrogen-bond donors (Lipinski definition) is 1. The van der Waals surface area contributed by atoms with Gasteiger partial charge < -0.3 is 14.9 Å². The maximum Gasteiger partial charge on any atom is 0.236 e. The van der Waals surface area contributed by atoms with E-state index in [4.69, 9.17) is 0 Å². The van der Waals surface area contributed by atoms with Crippen LogP contribution in [0.4, 0.5) is 0 Å². The molecule has 3 aliphatic heterocycles. The van der Waals surface area contributed by atoms with Crippen LogP contribution in [0.2, 0.25) is 0 Å². The van der Waals surface area contributed by atoms with Crippen molar-refractivity contribution in [3.63, 3.8) is 0 Å². The molecule has 6 nitrogen and oxygen atoms in total. The van der Waals surface area contributed by atoms with Crippen molar-refractivity contribution < 1.29 is 14.7 Å². The molecule has 3 fully saturated rings. The first-order chi connectivity index (χ1) is 10.9. The minimum absolute atomic E-state index is 0.0628. The second kappa shape index (κ2) is 6.40. The smallest absolute Gasteiger partial charge is 0.236 e. The second-order valence-corrected chi connectivity index (χ2v) is 7.66. The van der Waals surface area contributed by atoms with E-state index in [0.29, 0.717) is 18.5 Å². The summed E-state index contributed by atoms with van der Waals surface area (Å²) >= 11 is 0. The van der Waals surface area contributed by atoms with Crippen molar-refractivity contribution in [1.29, 1.82) is 0 Å². The van der Waals surface area contributed by atoms with Gasteiger partial charge >= 0.3 is 0 Å². The van der Waals surface area contributed by atoms with Gasteiger partial charge in [-0.05, 0) is 38.5 Å². The Hall–Kier alpha value is -1.14. The first-order valence-corrected chi connectivity index (χ1v) is 8.85. The van der Waals surface area contributed by atoms with Crippen LogP contribution >= 0.6 is 0 Å². The highest BCUT2D eigenvalue weighted by Crippen LogP contribution is 2.41. The van der Waals surface area contributed by atoms with Gasteiger partial charge in [-0.2, -0.15) is 0 Å². The Labute approximate surface area is 138 Å². The predicted molar refractivity (Wildman–Crippen MR) is 86.8 cm³/mol. The molecule has 130 valence electrons. The number of hydrogen-bond acceptors (Lipinski definition) is 4. The molecule has 2 amide bonds. The van der Waals surface area contributed by atoms with Crippen molar-refractivity contribution in [1.82, 2.24) is 14.7 Å². The zero-order valence-electron chi connectivity index (χ0n) is 14.3. The largest absolute Gasteiger partial charge is 0.394 e. The normalized spacial score (nSPS) is 34.7. The quantitative estimate of drug-likeness (QED) is 0.811. The summed E-state index contributed by atoms with van der Waals surface area (Å²) in [6, 6.07) is 0.300. The number of aliphatic hydroxyl groups excluding tert-OH is 1. The Kier molecular flexibility index (Phi) is 4.65. The monoisotopic (exact) mass is 323 g/mol. The summed E-state index contributed by atoms with van der Waals surface area (Å²) in [7, 11) is 0. The standard InChI is InChI=1S/C17H29N3O3/c1-13(22)19-8-5-15-14(10-19)9-17(2,12-21)20(15)11-16(23)18-6-3-4-7-18/h14-15,21H,3-12H2,1-2H3/t14-,15-,17+/m0/s1. The molecule has 3 rings (SSSR count). The Balaban J connectivity index is 1.72. The number of rotatable bonds is 3. The van der Waals surface area contributed by atoms with Gasteiger partial charge in [0.15, 0.2) is 0 Å². The number of amides is 2. The van der Waals surface area contributed by atoms with E-state index in [9.17, 15) is 14.7 Å². The van der Waals surface area contributed by atoms with Crippen molar-refractivity contribution in [2.75, 3.05) is 39.3 Å². The Morgan fingerprint density at radius 2 is 1.87 bits per heavy atom. The van der Waals surface area contributed by atoms with Crippen molar-refractivity contribution in [2.24, 2.45) is 5.92 Å². The fourth-order valence-corrected chi connectivity index (χ4v) is 4.67. The summed E-state index contributed by atoms with van der Waals surface area (Å²) in [6.45, 7) is 7.39. The van der Waals surface area contributed by atoms with E-state index in [2.05, 4.69) is 11.8 Å². The first-order valence-electron chi connectivity index (χ1n) is 8.85. The zero-order chi connectivity index (χ0) is 16.6. The molecule has 0 radical (unpaired) electrons. The predicted octanol–water partition coefficient (Wildman–Crippen LogP) is 0.303. The van der Waals surface area contributed by atoms with Gasteiger partial charge in [0.1, 0.15) is 0 Å². The number of aliphatic hydroxyl groups is 1. The summed E-state index contributed by atoms with van der Waals surface area (Å²) in [5.74, 6) is 0.675. The molecule has 6 heteroatoms. The number of carbonyl (C=O) groups excluding carboxylic acids is 2. The van der Waals surface area contributed by atoms with Crippen LogP contribution in [-0.4, -0.2) is 82.5 Å². The lowest BCUT2D eigenvalue weighted by Gasteiger charge is -2.40. The number of carbonyl (C=O) groups is 2. The van der Waals surface area contributed by atoms with E-state index in [1.807, 2.05) is 9.80 Å². The third-order valence-corrected chi connectivity index (χ3v) is 6.04. The fourth-order valence-electron chi connectivity index (χ4n) is 4.67. The molecular weight excluding hydrogens is 294 g/mol. The van der Waals surface area contributed by atoms with Gasteiger partial charge in [-0.1, -0.05) is 0 Å². The number of piperidine rings is 1. The average molecular weight is 323 g/mol. The Morgan fingerprint density at radius 1 is 1.17 bits per heavy atom. The van der Waals surface area contributed by atoms with E-state index in [1.165, 1.54) is 0 Å². The van der Waals surface area contributed by atoms with Crippen molar-refractivity contribution in [2.45, 2.75) is 51.1 Å². The Bertz CT molecular complexity index is 478. The lowest BCUT2D eigenvalue weighted by Crippen LogP contribution is -2.54. The minimum atomic E-state index is -0.350. The highest BCUT2D eigenvalue weighted by molar-refractivity contribution is 5.78. The van der Waals surface area contributed by atoms with Crippen LogP contribution in [0.3, 0.4) is 0 Å². The summed E-state index contributed by atoms with van der Waals surface area (Å²) in [4.78, 5) is 30.3. The topological polar surface area (TPSA) is 64.1 Å². The molecule has 0 aliphatic carbocycles.